The first kappa shape index (κ1) is 10.9. The fourth-order valence-electron chi connectivity index (χ4n) is 1.06. The molecule has 0 aliphatic heterocycles. The Morgan fingerprint density at radius 1 is 1.31 bits per heavy atom. The molecule has 1 aromatic heterocycles. The second-order valence-corrected chi connectivity index (χ2v) is 3.66. The van der Waals surface area contributed by atoms with Gasteiger partial charge >= 0.3 is 0 Å². The number of nitrogens with zero attached hydrogens (tertiary/aromatic N) is 2. The maximum atomic E-state index is 11.6. The minimum Gasteiger partial charge on any atom is -0.318 e. The van der Waals surface area contributed by atoms with Crippen LogP contribution in [-0.4, -0.2) is 16.2 Å². The first-order valence-electron chi connectivity index (χ1n) is 4.21. The summed E-state index contributed by atoms with van der Waals surface area (Å²) in [5.74, 6) is -0.490. The van der Waals surface area contributed by atoms with Crippen LogP contribution in [0.1, 0.15) is 10.5 Å². The minimum absolute atomic E-state index is 0.0518. The maximum Gasteiger partial charge on any atom is 0.279 e. The number of rotatable bonds is 2. The van der Waals surface area contributed by atoms with Gasteiger partial charge in [0, 0.05) is 0 Å². The molecule has 0 atom stereocenters. The second kappa shape index (κ2) is 4.51. The van der Waals surface area contributed by atoms with Gasteiger partial charge in [-0.1, -0.05) is 34.4 Å². The number of para-hydroxylation sites is 1. The molecular weight excluding hydrogens is 253 g/mol. The molecule has 1 aromatic carbocycles. The summed E-state index contributed by atoms with van der Waals surface area (Å²) in [4.78, 5) is 11.6. The monoisotopic (exact) mass is 257 g/mol. The molecule has 0 aliphatic rings. The van der Waals surface area contributed by atoms with E-state index in [4.69, 9.17) is 23.2 Å². The van der Waals surface area contributed by atoms with Crippen molar-refractivity contribution in [3.8, 4) is 0 Å². The smallest absolute Gasteiger partial charge is 0.279 e. The molecule has 0 aliphatic carbocycles. The standard InChI is InChI=1S/C9H5Cl2N3O2/c10-5-2-1-3-6(11)8(5)13-9(15)7-4-12-16-14-7/h1-4H,(H,13,15). The van der Waals surface area contributed by atoms with Crippen LogP contribution in [0.4, 0.5) is 5.69 Å². The minimum atomic E-state index is -0.490. The van der Waals surface area contributed by atoms with E-state index in [2.05, 4.69) is 20.3 Å². The third kappa shape index (κ3) is 2.15. The molecule has 16 heavy (non-hydrogen) atoms. The quantitative estimate of drug-likeness (QED) is 0.898. The van der Waals surface area contributed by atoms with Crippen molar-refractivity contribution in [2.24, 2.45) is 0 Å². The average molecular weight is 258 g/mol. The Kier molecular flexibility index (Phi) is 3.07. The van der Waals surface area contributed by atoms with Gasteiger partial charge in [-0.15, -0.1) is 0 Å². The summed E-state index contributed by atoms with van der Waals surface area (Å²) in [6, 6.07) is 4.91. The lowest BCUT2D eigenvalue weighted by Gasteiger charge is -2.06. The van der Waals surface area contributed by atoms with E-state index in [-0.39, 0.29) is 5.69 Å². The van der Waals surface area contributed by atoms with Gasteiger partial charge in [0.2, 0.25) is 0 Å². The third-order valence-electron chi connectivity index (χ3n) is 1.80. The van der Waals surface area contributed by atoms with Crippen LogP contribution < -0.4 is 5.32 Å². The van der Waals surface area contributed by atoms with E-state index in [9.17, 15) is 4.79 Å². The molecule has 1 amide bonds. The molecule has 0 unspecified atom stereocenters. The molecule has 0 saturated carbocycles. The lowest BCUT2D eigenvalue weighted by Crippen LogP contribution is -2.12. The van der Waals surface area contributed by atoms with Gasteiger partial charge in [0.1, 0.15) is 6.20 Å². The number of carbonyl (C=O) groups is 1. The highest BCUT2D eigenvalue weighted by atomic mass is 35.5. The Hall–Kier alpha value is -1.59. The molecule has 5 nitrogen and oxygen atoms in total. The summed E-state index contributed by atoms with van der Waals surface area (Å²) in [6.45, 7) is 0. The summed E-state index contributed by atoms with van der Waals surface area (Å²) in [5, 5.41) is 9.91. The zero-order valence-corrected chi connectivity index (χ0v) is 9.29. The molecule has 82 valence electrons. The van der Waals surface area contributed by atoms with E-state index in [1.807, 2.05) is 0 Å². The van der Waals surface area contributed by atoms with Gasteiger partial charge in [-0.2, -0.15) is 0 Å². The molecule has 7 heteroatoms. The first-order chi connectivity index (χ1) is 7.68. The van der Waals surface area contributed by atoms with Crippen LogP contribution in [0, 0.1) is 0 Å². The Morgan fingerprint density at radius 2 is 2.00 bits per heavy atom. The van der Waals surface area contributed by atoms with Crippen LogP contribution in [0.2, 0.25) is 10.0 Å². The third-order valence-corrected chi connectivity index (χ3v) is 2.43. The number of amides is 1. The van der Waals surface area contributed by atoms with Crippen molar-refractivity contribution in [1.29, 1.82) is 0 Å². The lowest BCUT2D eigenvalue weighted by molar-refractivity contribution is 0.101. The summed E-state index contributed by atoms with van der Waals surface area (Å²) < 4.78 is 4.31. The number of halogens is 2. The normalized spacial score (nSPS) is 10.1. The predicted molar refractivity (Wildman–Crippen MR) is 58.7 cm³/mol. The van der Waals surface area contributed by atoms with Crippen molar-refractivity contribution in [3.05, 3.63) is 40.1 Å². The molecule has 0 radical (unpaired) electrons. The average Bonchev–Trinajstić information content (AvgIpc) is 2.76. The Balaban J connectivity index is 2.25. The number of hydrogen-bond donors (Lipinski definition) is 1. The number of aromatic nitrogens is 2. The molecular formula is C9H5Cl2N3O2. The number of carbonyl (C=O) groups excluding carboxylic acids is 1. The molecule has 0 bridgehead atoms. The second-order valence-electron chi connectivity index (χ2n) is 2.84. The van der Waals surface area contributed by atoms with Crippen LogP contribution in [0.15, 0.2) is 29.0 Å². The Bertz CT molecular complexity index is 493. The van der Waals surface area contributed by atoms with E-state index in [1.165, 1.54) is 6.20 Å². The molecule has 1 heterocycles. The SMILES string of the molecule is O=C(Nc1c(Cl)cccc1Cl)c1cnon1. The van der Waals surface area contributed by atoms with Crippen LogP contribution in [0.3, 0.4) is 0 Å². The molecule has 0 fully saturated rings. The molecule has 1 N–H and O–H groups in total. The van der Waals surface area contributed by atoms with Crippen molar-refractivity contribution < 1.29 is 9.42 Å². The van der Waals surface area contributed by atoms with Crippen LogP contribution in [-0.2, 0) is 0 Å². The number of anilines is 1. The van der Waals surface area contributed by atoms with Crippen molar-refractivity contribution in [2.45, 2.75) is 0 Å². The summed E-state index contributed by atoms with van der Waals surface area (Å²) >= 11 is 11.8. The maximum absolute atomic E-state index is 11.6. The Morgan fingerprint density at radius 3 is 2.56 bits per heavy atom. The van der Waals surface area contributed by atoms with Gasteiger partial charge in [-0.25, -0.2) is 4.63 Å². The molecule has 0 spiro atoms. The fourth-order valence-corrected chi connectivity index (χ4v) is 1.55. The van der Waals surface area contributed by atoms with Gasteiger partial charge in [0.05, 0.1) is 15.7 Å². The summed E-state index contributed by atoms with van der Waals surface area (Å²) in [6.07, 6.45) is 1.19. The fraction of sp³-hybridized carbons (Fsp3) is 0. The number of benzene rings is 1. The highest BCUT2D eigenvalue weighted by molar-refractivity contribution is 6.39. The highest BCUT2D eigenvalue weighted by Gasteiger charge is 2.13. The topological polar surface area (TPSA) is 68.0 Å². The molecule has 2 rings (SSSR count). The van der Waals surface area contributed by atoms with Gasteiger partial charge in [0.25, 0.3) is 5.91 Å². The first-order valence-corrected chi connectivity index (χ1v) is 4.97. The van der Waals surface area contributed by atoms with Crippen LogP contribution in [0.5, 0.6) is 0 Å². The molecule has 0 saturated heterocycles. The number of hydrogen-bond acceptors (Lipinski definition) is 4. The van der Waals surface area contributed by atoms with Crippen molar-refractivity contribution in [2.75, 3.05) is 5.32 Å². The van der Waals surface area contributed by atoms with Crippen molar-refractivity contribution >= 4 is 34.8 Å². The van der Waals surface area contributed by atoms with Crippen molar-refractivity contribution in [1.82, 2.24) is 10.3 Å². The number of nitrogens with one attached hydrogen (secondary N) is 1. The van der Waals surface area contributed by atoms with E-state index < -0.39 is 5.91 Å². The molecule has 2 aromatic rings. The van der Waals surface area contributed by atoms with E-state index in [0.29, 0.717) is 15.7 Å². The lowest BCUT2D eigenvalue weighted by atomic mass is 10.3. The predicted octanol–water partition coefficient (Wildman–Crippen LogP) is 2.63. The summed E-state index contributed by atoms with van der Waals surface area (Å²) in [7, 11) is 0. The largest absolute Gasteiger partial charge is 0.318 e. The van der Waals surface area contributed by atoms with E-state index in [0.717, 1.165) is 0 Å². The zero-order valence-electron chi connectivity index (χ0n) is 7.78. The highest BCUT2D eigenvalue weighted by Crippen LogP contribution is 2.29. The van der Waals surface area contributed by atoms with Crippen molar-refractivity contribution in [3.63, 3.8) is 0 Å². The zero-order chi connectivity index (χ0) is 11.5. The van der Waals surface area contributed by atoms with E-state index in [1.54, 1.807) is 18.2 Å². The van der Waals surface area contributed by atoms with E-state index >= 15 is 0 Å². The van der Waals surface area contributed by atoms with Gasteiger partial charge in [-0.3, -0.25) is 4.79 Å². The van der Waals surface area contributed by atoms with Crippen LogP contribution in [0.25, 0.3) is 0 Å². The van der Waals surface area contributed by atoms with Gasteiger partial charge < -0.3 is 5.32 Å². The summed E-state index contributed by atoms with van der Waals surface area (Å²) in [5.41, 5.74) is 0.384. The van der Waals surface area contributed by atoms with Gasteiger partial charge in [0.15, 0.2) is 5.69 Å². The van der Waals surface area contributed by atoms with Crippen LogP contribution >= 0.6 is 23.2 Å². The van der Waals surface area contributed by atoms with Gasteiger partial charge in [-0.05, 0) is 17.3 Å². The Labute approximate surface area is 100 Å².